The van der Waals surface area contributed by atoms with Crippen LogP contribution in [0.3, 0.4) is 0 Å². The van der Waals surface area contributed by atoms with Crippen molar-refractivity contribution in [3.05, 3.63) is 36.5 Å². The number of hydrogen-bond donors (Lipinski definition) is 1. The highest BCUT2D eigenvalue weighted by molar-refractivity contribution is 5.79. The average molecular weight is 205 g/mol. The molecule has 0 bridgehead atoms. The lowest BCUT2D eigenvalue weighted by molar-refractivity contribution is 0.0875. The first-order chi connectivity index (χ1) is 7.42. The number of fused-ring (bicyclic) bond motifs is 1. The fraction of sp³-hybridized carbons (Fsp3) is 0.333. The van der Waals surface area contributed by atoms with Crippen LogP contribution in [0.15, 0.2) is 36.5 Å². The number of rotatable bonds is 5. The summed E-state index contributed by atoms with van der Waals surface area (Å²) in [5.41, 5.74) is 1.23. The zero-order chi connectivity index (χ0) is 10.5. The Labute approximate surface area is 88.9 Å². The summed E-state index contributed by atoms with van der Waals surface area (Å²) < 4.78 is 7.39. The molecule has 0 saturated carbocycles. The topological polar surface area (TPSA) is 34.4 Å². The van der Waals surface area contributed by atoms with Crippen LogP contribution in [-0.4, -0.2) is 29.5 Å². The van der Waals surface area contributed by atoms with Crippen LogP contribution in [-0.2, 0) is 11.3 Å². The molecule has 2 rings (SSSR count). The van der Waals surface area contributed by atoms with Crippen molar-refractivity contribution in [1.29, 1.82) is 0 Å². The molecule has 0 aliphatic heterocycles. The van der Waals surface area contributed by atoms with E-state index in [1.54, 1.807) is 0 Å². The van der Waals surface area contributed by atoms with Crippen molar-refractivity contribution < 1.29 is 9.84 Å². The molecule has 1 aromatic heterocycles. The standard InChI is InChI=1S/C12H15NO2/c14-8-10-15-9-7-13-6-5-11-3-1-2-4-12(11)13/h1-6,14H,7-10H2. The maximum atomic E-state index is 8.56. The van der Waals surface area contributed by atoms with Gasteiger partial charge in [-0.1, -0.05) is 18.2 Å². The minimum Gasteiger partial charge on any atom is -0.394 e. The molecule has 0 aliphatic carbocycles. The number of hydrogen-bond acceptors (Lipinski definition) is 2. The zero-order valence-electron chi connectivity index (χ0n) is 8.60. The third kappa shape index (κ3) is 2.37. The first kappa shape index (κ1) is 10.2. The third-order valence-corrected chi connectivity index (χ3v) is 2.39. The molecule has 80 valence electrons. The summed E-state index contributed by atoms with van der Waals surface area (Å²) in [6.45, 7) is 1.97. The van der Waals surface area contributed by atoms with Crippen LogP contribution in [0.1, 0.15) is 0 Å². The van der Waals surface area contributed by atoms with Crippen LogP contribution < -0.4 is 0 Å². The average Bonchev–Trinajstić information content (AvgIpc) is 2.68. The Balaban J connectivity index is 2.02. The molecule has 0 aliphatic rings. The van der Waals surface area contributed by atoms with Crippen molar-refractivity contribution in [1.82, 2.24) is 4.57 Å². The van der Waals surface area contributed by atoms with Crippen LogP contribution in [0.25, 0.3) is 10.9 Å². The number of aromatic nitrogens is 1. The second-order valence-electron chi connectivity index (χ2n) is 3.40. The van der Waals surface area contributed by atoms with Gasteiger partial charge in [0.2, 0.25) is 0 Å². The van der Waals surface area contributed by atoms with Crippen LogP contribution in [0.4, 0.5) is 0 Å². The number of ether oxygens (including phenoxy) is 1. The molecule has 0 atom stereocenters. The van der Waals surface area contributed by atoms with Gasteiger partial charge in [0.1, 0.15) is 0 Å². The Hall–Kier alpha value is -1.32. The summed E-state index contributed by atoms with van der Waals surface area (Å²) >= 11 is 0. The van der Waals surface area contributed by atoms with Gasteiger partial charge in [0.05, 0.1) is 19.8 Å². The SMILES string of the molecule is OCCOCCn1ccc2ccccc21. The third-order valence-electron chi connectivity index (χ3n) is 2.39. The molecule has 0 unspecified atom stereocenters. The number of benzene rings is 1. The van der Waals surface area contributed by atoms with Crippen LogP contribution in [0.2, 0.25) is 0 Å². The molecule has 3 heteroatoms. The summed E-state index contributed by atoms with van der Waals surface area (Å²) in [6.07, 6.45) is 2.06. The molecule has 2 aromatic rings. The second kappa shape index (κ2) is 4.96. The molecular formula is C12H15NO2. The lowest BCUT2D eigenvalue weighted by atomic mass is 10.2. The Morgan fingerprint density at radius 1 is 1.13 bits per heavy atom. The van der Waals surface area contributed by atoms with Crippen molar-refractivity contribution >= 4 is 10.9 Å². The van der Waals surface area contributed by atoms with Gasteiger partial charge in [-0.2, -0.15) is 0 Å². The van der Waals surface area contributed by atoms with Gasteiger partial charge in [-0.3, -0.25) is 0 Å². The molecule has 0 radical (unpaired) electrons. The summed E-state index contributed by atoms with van der Waals surface area (Å²) in [6, 6.07) is 10.4. The van der Waals surface area contributed by atoms with Gasteiger partial charge in [0.15, 0.2) is 0 Å². The van der Waals surface area contributed by atoms with Gasteiger partial charge in [0, 0.05) is 18.3 Å². The number of nitrogens with zero attached hydrogens (tertiary/aromatic N) is 1. The van der Waals surface area contributed by atoms with E-state index in [1.165, 1.54) is 10.9 Å². The zero-order valence-corrected chi connectivity index (χ0v) is 8.60. The highest BCUT2D eigenvalue weighted by atomic mass is 16.5. The molecule has 0 saturated heterocycles. The van der Waals surface area contributed by atoms with E-state index < -0.39 is 0 Å². The van der Waals surface area contributed by atoms with E-state index in [2.05, 4.69) is 29.0 Å². The first-order valence-electron chi connectivity index (χ1n) is 5.14. The van der Waals surface area contributed by atoms with E-state index in [9.17, 15) is 0 Å². The predicted octanol–water partition coefficient (Wildman–Crippen LogP) is 1.65. The van der Waals surface area contributed by atoms with Crippen molar-refractivity contribution in [2.75, 3.05) is 19.8 Å². The fourth-order valence-corrected chi connectivity index (χ4v) is 1.67. The van der Waals surface area contributed by atoms with Gasteiger partial charge in [-0.15, -0.1) is 0 Å². The summed E-state index contributed by atoms with van der Waals surface area (Å²) in [4.78, 5) is 0. The lowest BCUT2D eigenvalue weighted by Gasteiger charge is -2.05. The Kier molecular flexibility index (Phi) is 3.37. The van der Waals surface area contributed by atoms with E-state index >= 15 is 0 Å². The van der Waals surface area contributed by atoms with Crippen LogP contribution in [0.5, 0.6) is 0 Å². The molecule has 0 spiro atoms. The predicted molar refractivity (Wildman–Crippen MR) is 59.8 cm³/mol. The van der Waals surface area contributed by atoms with Gasteiger partial charge >= 0.3 is 0 Å². The highest BCUT2D eigenvalue weighted by Gasteiger charge is 1.98. The molecular weight excluding hydrogens is 190 g/mol. The quantitative estimate of drug-likeness (QED) is 0.753. The maximum absolute atomic E-state index is 8.56. The molecule has 0 amide bonds. The second-order valence-corrected chi connectivity index (χ2v) is 3.40. The normalized spacial score (nSPS) is 11.0. The van der Waals surface area contributed by atoms with E-state index in [0.29, 0.717) is 13.2 Å². The van der Waals surface area contributed by atoms with E-state index in [4.69, 9.17) is 9.84 Å². The first-order valence-corrected chi connectivity index (χ1v) is 5.14. The lowest BCUT2D eigenvalue weighted by Crippen LogP contribution is -2.07. The summed E-state index contributed by atoms with van der Waals surface area (Å²) in [5, 5.41) is 9.81. The number of aliphatic hydroxyl groups excluding tert-OH is 1. The van der Waals surface area contributed by atoms with Gasteiger partial charge in [0.25, 0.3) is 0 Å². The molecule has 15 heavy (non-hydrogen) atoms. The van der Waals surface area contributed by atoms with Crippen molar-refractivity contribution in [2.45, 2.75) is 6.54 Å². The Morgan fingerprint density at radius 2 is 2.00 bits per heavy atom. The van der Waals surface area contributed by atoms with Crippen LogP contribution >= 0.6 is 0 Å². The largest absolute Gasteiger partial charge is 0.394 e. The molecule has 3 nitrogen and oxygen atoms in total. The number of aliphatic hydroxyl groups is 1. The van der Waals surface area contributed by atoms with Crippen molar-refractivity contribution in [3.63, 3.8) is 0 Å². The number of para-hydroxylation sites is 1. The van der Waals surface area contributed by atoms with Crippen LogP contribution in [0, 0.1) is 0 Å². The highest BCUT2D eigenvalue weighted by Crippen LogP contribution is 2.14. The van der Waals surface area contributed by atoms with Gasteiger partial charge < -0.3 is 14.4 Å². The molecule has 0 fully saturated rings. The minimum absolute atomic E-state index is 0.0897. The van der Waals surface area contributed by atoms with E-state index in [0.717, 1.165) is 6.54 Å². The molecule has 1 heterocycles. The van der Waals surface area contributed by atoms with E-state index in [-0.39, 0.29) is 6.61 Å². The van der Waals surface area contributed by atoms with E-state index in [1.807, 2.05) is 12.1 Å². The summed E-state index contributed by atoms with van der Waals surface area (Å²) in [7, 11) is 0. The van der Waals surface area contributed by atoms with Crippen molar-refractivity contribution in [3.8, 4) is 0 Å². The summed E-state index contributed by atoms with van der Waals surface area (Å²) in [5.74, 6) is 0. The Bertz CT molecular complexity index is 422. The molecule has 1 aromatic carbocycles. The maximum Gasteiger partial charge on any atom is 0.0698 e. The monoisotopic (exact) mass is 205 g/mol. The molecule has 1 N–H and O–H groups in total. The smallest absolute Gasteiger partial charge is 0.0698 e. The fourth-order valence-electron chi connectivity index (χ4n) is 1.67. The van der Waals surface area contributed by atoms with Crippen molar-refractivity contribution in [2.24, 2.45) is 0 Å². The van der Waals surface area contributed by atoms with Gasteiger partial charge in [-0.05, 0) is 17.5 Å². The Morgan fingerprint density at radius 3 is 2.87 bits per heavy atom. The van der Waals surface area contributed by atoms with Gasteiger partial charge in [-0.25, -0.2) is 0 Å². The minimum atomic E-state index is 0.0897.